The minimum atomic E-state index is -4.10. The van der Waals surface area contributed by atoms with Gasteiger partial charge in [-0.25, -0.2) is 36.1 Å². The number of rotatable bonds is 4. The molecular formula is C18H23F4N3O3S. The standard InChI is InChI=1S/C18H23F4N3O3S/c19-17(20)5-1-11(2-6-17)13-3-7-18(21,22)10-14(13)16(26)25-12-4-8-24-15(9-12)29(23,27)28/h4,8-9,11,13-14H,1-3,5-7,10H2,(H2,23,27,28)(H,24,25,26)/t13-,14+/m0/s1. The van der Waals surface area contributed by atoms with Crippen molar-refractivity contribution in [2.45, 2.75) is 61.8 Å². The van der Waals surface area contributed by atoms with Crippen LogP contribution in [0.4, 0.5) is 23.2 Å². The van der Waals surface area contributed by atoms with Gasteiger partial charge in [-0.2, -0.15) is 0 Å². The van der Waals surface area contributed by atoms with Crippen molar-refractivity contribution in [2.75, 3.05) is 5.32 Å². The zero-order valence-corrected chi connectivity index (χ0v) is 16.4. The van der Waals surface area contributed by atoms with Crippen molar-refractivity contribution < 1.29 is 30.8 Å². The monoisotopic (exact) mass is 437 g/mol. The van der Waals surface area contributed by atoms with Gasteiger partial charge in [-0.1, -0.05) is 0 Å². The van der Waals surface area contributed by atoms with Gasteiger partial charge in [0.05, 0.1) is 0 Å². The van der Waals surface area contributed by atoms with E-state index in [0.29, 0.717) is 0 Å². The van der Waals surface area contributed by atoms with Gasteiger partial charge in [0.1, 0.15) is 0 Å². The molecule has 1 amide bonds. The Balaban J connectivity index is 1.78. The highest BCUT2D eigenvalue weighted by Crippen LogP contribution is 2.49. The van der Waals surface area contributed by atoms with Crippen LogP contribution >= 0.6 is 0 Å². The Morgan fingerprint density at radius 2 is 1.72 bits per heavy atom. The number of halogens is 4. The van der Waals surface area contributed by atoms with Crippen molar-refractivity contribution >= 4 is 21.6 Å². The Morgan fingerprint density at radius 3 is 2.34 bits per heavy atom. The Bertz CT molecular complexity index is 869. The molecule has 11 heteroatoms. The molecule has 6 nitrogen and oxygen atoms in total. The molecule has 0 aliphatic heterocycles. The summed E-state index contributed by atoms with van der Waals surface area (Å²) < 4.78 is 77.8. The van der Waals surface area contributed by atoms with E-state index >= 15 is 0 Å². The Labute approximate surface area is 166 Å². The van der Waals surface area contributed by atoms with Gasteiger partial charge in [-0.15, -0.1) is 0 Å². The highest BCUT2D eigenvalue weighted by atomic mass is 32.2. The molecule has 0 unspecified atom stereocenters. The number of aromatic nitrogens is 1. The molecule has 0 spiro atoms. The second kappa shape index (κ2) is 7.82. The van der Waals surface area contributed by atoms with E-state index in [1.165, 1.54) is 6.07 Å². The van der Waals surface area contributed by atoms with Crippen molar-refractivity contribution in [1.29, 1.82) is 0 Å². The van der Waals surface area contributed by atoms with Crippen LogP contribution < -0.4 is 10.5 Å². The van der Waals surface area contributed by atoms with Gasteiger partial charge in [0.25, 0.3) is 10.0 Å². The molecule has 3 rings (SSSR count). The number of hydrogen-bond donors (Lipinski definition) is 2. The molecule has 162 valence electrons. The van der Waals surface area contributed by atoms with Crippen LogP contribution in [0.25, 0.3) is 0 Å². The largest absolute Gasteiger partial charge is 0.326 e. The van der Waals surface area contributed by atoms with Crippen LogP contribution in [0.2, 0.25) is 0 Å². The first-order valence-corrected chi connectivity index (χ1v) is 11.0. The van der Waals surface area contributed by atoms with Crippen LogP contribution in [0, 0.1) is 17.8 Å². The second-order valence-corrected chi connectivity index (χ2v) is 9.49. The number of hydrogen-bond acceptors (Lipinski definition) is 4. The minimum Gasteiger partial charge on any atom is -0.326 e. The number of alkyl halides is 4. The number of sulfonamides is 1. The lowest BCUT2D eigenvalue weighted by molar-refractivity contribution is -0.136. The minimum absolute atomic E-state index is 0.0665. The van der Waals surface area contributed by atoms with Crippen molar-refractivity contribution in [3.8, 4) is 0 Å². The maximum atomic E-state index is 14.0. The van der Waals surface area contributed by atoms with Gasteiger partial charge in [-0.05, 0) is 37.2 Å². The molecule has 2 atom stereocenters. The van der Waals surface area contributed by atoms with Crippen LogP contribution in [0.15, 0.2) is 23.4 Å². The Hall–Kier alpha value is -1.75. The summed E-state index contributed by atoms with van der Waals surface area (Å²) in [6.45, 7) is 0. The van der Waals surface area contributed by atoms with Crippen LogP contribution in [0.5, 0.6) is 0 Å². The zero-order chi connectivity index (χ0) is 21.4. The summed E-state index contributed by atoms with van der Waals surface area (Å²) in [7, 11) is -4.10. The molecule has 2 aliphatic rings. The predicted molar refractivity (Wildman–Crippen MR) is 96.9 cm³/mol. The maximum absolute atomic E-state index is 14.0. The molecule has 1 aromatic heterocycles. The highest BCUT2D eigenvalue weighted by Gasteiger charge is 2.48. The number of nitrogens with zero attached hydrogens (tertiary/aromatic N) is 1. The number of nitrogens with one attached hydrogen (secondary N) is 1. The van der Waals surface area contributed by atoms with E-state index in [-0.39, 0.29) is 50.1 Å². The summed E-state index contributed by atoms with van der Waals surface area (Å²) in [6.07, 6.45) is -0.0497. The average molecular weight is 437 g/mol. The lowest BCUT2D eigenvalue weighted by atomic mass is 9.66. The molecule has 0 saturated heterocycles. The summed E-state index contributed by atoms with van der Waals surface area (Å²) in [6, 6.07) is 2.37. The highest BCUT2D eigenvalue weighted by molar-refractivity contribution is 7.89. The molecule has 0 radical (unpaired) electrons. The molecule has 2 saturated carbocycles. The third kappa shape index (κ3) is 5.44. The fourth-order valence-corrected chi connectivity index (χ4v) is 4.87. The number of carbonyl (C=O) groups is 1. The molecule has 29 heavy (non-hydrogen) atoms. The van der Waals surface area contributed by atoms with E-state index in [4.69, 9.17) is 5.14 Å². The molecule has 1 heterocycles. The quantitative estimate of drug-likeness (QED) is 0.704. The van der Waals surface area contributed by atoms with E-state index in [2.05, 4.69) is 10.3 Å². The summed E-state index contributed by atoms with van der Waals surface area (Å²) in [5.41, 5.74) is 0.0665. The molecule has 1 aromatic rings. The molecule has 0 aromatic carbocycles. The second-order valence-electron chi connectivity index (χ2n) is 7.98. The number of nitrogens with two attached hydrogens (primary N) is 1. The molecule has 2 aliphatic carbocycles. The zero-order valence-electron chi connectivity index (χ0n) is 15.6. The summed E-state index contributed by atoms with van der Waals surface area (Å²) in [5, 5.41) is 7.02. The van der Waals surface area contributed by atoms with Crippen molar-refractivity contribution in [3.05, 3.63) is 18.3 Å². The van der Waals surface area contributed by atoms with E-state index in [0.717, 1.165) is 12.3 Å². The lowest BCUT2D eigenvalue weighted by Crippen LogP contribution is -2.43. The van der Waals surface area contributed by atoms with Gasteiger partial charge in [-0.3, -0.25) is 4.79 Å². The normalized spacial score (nSPS) is 27.3. The van der Waals surface area contributed by atoms with Crippen molar-refractivity contribution in [2.24, 2.45) is 22.9 Å². The van der Waals surface area contributed by atoms with Gasteiger partial charge in [0, 0.05) is 49.6 Å². The summed E-state index contributed by atoms with van der Waals surface area (Å²) >= 11 is 0. The van der Waals surface area contributed by atoms with Crippen LogP contribution in [0.3, 0.4) is 0 Å². The Morgan fingerprint density at radius 1 is 1.10 bits per heavy atom. The summed E-state index contributed by atoms with van der Waals surface area (Å²) in [5.74, 6) is -8.14. The van der Waals surface area contributed by atoms with E-state index < -0.39 is 51.1 Å². The fraction of sp³-hybridized carbons (Fsp3) is 0.667. The fourth-order valence-electron chi connectivity index (χ4n) is 4.37. The number of amides is 1. The van der Waals surface area contributed by atoms with Gasteiger partial charge in [0.2, 0.25) is 17.8 Å². The molecular weight excluding hydrogens is 414 g/mol. The lowest BCUT2D eigenvalue weighted by Gasteiger charge is -2.42. The molecule has 3 N–H and O–H groups in total. The first-order valence-electron chi connectivity index (χ1n) is 9.42. The maximum Gasteiger partial charge on any atom is 0.255 e. The van der Waals surface area contributed by atoms with Crippen molar-refractivity contribution in [1.82, 2.24) is 4.98 Å². The number of anilines is 1. The number of primary sulfonamides is 1. The van der Waals surface area contributed by atoms with Crippen LogP contribution in [-0.4, -0.2) is 31.2 Å². The van der Waals surface area contributed by atoms with Crippen molar-refractivity contribution in [3.63, 3.8) is 0 Å². The number of carbonyl (C=O) groups excluding carboxylic acids is 1. The van der Waals surface area contributed by atoms with E-state index in [1.54, 1.807) is 0 Å². The smallest absolute Gasteiger partial charge is 0.255 e. The topological polar surface area (TPSA) is 102 Å². The van der Waals surface area contributed by atoms with E-state index in [1.807, 2.05) is 0 Å². The van der Waals surface area contributed by atoms with Crippen LogP contribution in [-0.2, 0) is 14.8 Å². The first-order chi connectivity index (χ1) is 13.4. The third-order valence-electron chi connectivity index (χ3n) is 5.88. The van der Waals surface area contributed by atoms with Gasteiger partial charge >= 0.3 is 0 Å². The number of pyridine rings is 1. The SMILES string of the molecule is NS(=O)(=O)c1cc(NC(=O)[C@@H]2CC(F)(F)CC[C@H]2C2CCC(F)(F)CC2)ccn1. The van der Waals surface area contributed by atoms with Crippen LogP contribution in [0.1, 0.15) is 44.9 Å². The van der Waals surface area contributed by atoms with E-state index in [9.17, 15) is 30.8 Å². The summed E-state index contributed by atoms with van der Waals surface area (Å²) in [4.78, 5) is 16.4. The predicted octanol–water partition coefficient (Wildman–Crippen LogP) is 3.54. The van der Waals surface area contributed by atoms with Gasteiger partial charge in [0.15, 0.2) is 5.03 Å². The first kappa shape index (κ1) is 21.9. The molecule has 0 bridgehead atoms. The third-order valence-corrected chi connectivity index (χ3v) is 6.68. The molecule has 2 fully saturated rings. The average Bonchev–Trinajstić information content (AvgIpc) is 2.61. The van der Waals surface area contributed by atoms with Gasteiger partial charge < -0.3 is 5.32 Å². The Kier molecular flexibility index (Phi) is 5.92.